The number of thioether (sulfide) groups is 4. The lowest BCUT2D eigenvalue weighted by molar-refractivity contribution is 0.693. The molecule has 2 aliphatic heterocycles. The van der Waals surface area contributed by atoms with Crippen molar-refractivity contribution in [3.63, 3.8) is 0 Å². The molecule has 2 N–H and O–H groups in total. The van der Waals surface area contributed by atoms with Gasteiger partial charge in [0.15, 0.2) is 0 Å². The number of nitrogens with one attached hydrogen (secondary N) is 2. The minimum Gasteiger partial charge on any atom is -0.309 e. The SMILES string of the molecule is C(#Cc1ccc2c(=C3SC=CS3)c3cc(C#Cc4ccc(CNCc5ccccc5)cc4)ccc3c(=C3SC=CS3)c2c1)c1ccc(CNCc2ccccc2)cc1. The van der Waals surface area contributed by atoms with E-state index in [0.717, 1.165) is 48.4 Å². The third-order valence-corrected chi connectivity index (χ3v) is 14.2. The molecule has 0 amide bonds. The second-order valence-electron chi connectivity index (χ2n) is 13.9. The van der Waals surface area contributed by atoms with Gasteiger partial charge in [-0.2, -0.15) is 0 Å². The van der Waals surface area contributed by atoms with Gasteiger partial charge in [-0.05, 0) is 114 Å². The lowest BCUT2D eigenvalue weighted by Gasteiger charge is -2.12. The molecular weight excluding hydrogens is 781 g/mol. The fraction of sp³-hybridized carbons (Fsp3) is 0.0769. The Morgan fingerprint density at radius 1 is 0.328 bits per heavy atom. The molecular formula is C52H38N2S4. The van der Waals surface area contributed by atoms with E-state index in [1.165, 1.54) is 62.7 Å². The summed E-state index contributed by atoms with van der Waals surface area (Å²) in [5.41, 5.74) is 9.09. The highest BCUT2D eigenvalue weighted by Crippen LogP contribution is 2.41. The summed E-state index contributed by atoms with van der Waals surface area (Å²) in [7, 11) is 0. The molecule has 0 aliphatic carbocycles. The molecule has 0 unspecified atom stereocenters. The molecule has 2 aliphatic rings. The molecule has 0 bridgehead atoms. The third-order valence-electron chi connectivity index (χ3n) is 9.95. The van der Waals surface area contributed by atoms with Crippen LogP contribution in [-0.2, 0) is 26.2 Å². The summed E-state index contributed by atoms with van der Waals surface area (Å²) in [5.74, 6) is 13.9. The first-order valence-corrected chi connectivity index (χ1v) is 22.7. The van der Waals surface area contributed by atoms with E-state index in [4.69, 9.17) is 0 Å². The second-order valence-corrected chi connectivity index (χ2v) is 18.1. The average molecular weight is 819 g/mol. The second kappa shape index (κ2) is 18.5. The maximum Gasteiger partial charge on any atom is 0.0571 e. The van der Waals surface area contributed by atoms with Gasteiger partial charge in [0.1, 0.15) is 0 Å². The largest absolute Gasteiger partial charge is 0.309 e. The number of hydrogen-bond acceptors (Lipinski definition) is 6. The van der Waals surface area contributed by atoms with Gasteiger partial charge >= 0.3 is 0 Å². The topological polar surface area (TPSA) is 24.1 Å². The van der Waals surface area contributed by atoms with Crippen LogP contribution in [0.1, 0.15) is 44.5 Å². The first-order chi connectivity index (χ1) is 28.7. The van der Waals surface area contributed by atoms with Gasteiger partial charge in [-0.3, -0.25) is 0 Å². The molecule has 0 fully saturated rings. The summed E-state index contributed by atoms with van der Waals surface area (Å²) in [6, 6.07) is 51.7. The maximum atomic E-state index is 3.54. The monoisotopic (exact) mass is 818 g/mol. The predicted octanol–water partition coefficient (Wildman–Crippen LogP) is 11.4. The Morgan fingerprint density at radius 3 is 1.03 bits per heavy atom. The Bertz CT molecular complexity index is 2710. The van der Waals surface area contributed by atoms with Crippen LogP contribution in [0.4, 0.5) is 0 Å². The Hall–Kier alpha value is -5.28. The van der Waals surface area contributed by atoms with E-state index < -0.39 is 0 Å². The zero-order valence-electron chi connectivity index (χ0n) is 31.6. The van der Waals surface area contributed by atoms with E-state index in [9.17, 15) is 0 Å². The molecule has 0 saturated heterocycles. The van der Waals surface area contributed by atoms with Crippen LogP contribution in [0.5, 0.6) is 0 Å². The Morgan fingerprint density at radius 2 is 0.655 bits per heavy atom. The van der Waals surface area contributed by atoms with Crippen LogP contribution in [0, 0.1) is 23.7 Å². The summed E-state index contributed by atoms with van der Waals surface area (Å²) >= 11 is 7.19. The zero-order valence-corrected chi connectivity index (χ0v) is 34.9. The summed E-state index contributed by atoms with van der Waals surface area (Å²) in [6.07, 6.45) is 0. The third kappa shape index (κ3) is 9.20. The van der Waals surface area contributed by atoms with E-state index in [-0.39, 0.29) is 0 Å². The van der Waals surface area contributed by atoms with Crippen molar-refractivity contribution in [1.82, 2.24) is 10.6 Å². The van der Waals surface area contributed by atoms with Gasteiger partial charge in [0.2, 0.25) is 0 Å². The standard InChI is InChI=1S/C52H38N2S4/c1-3-7-41(8-4-1)33-53-35-43-19-13-37(14-20-43)11-17-39-23-25-45-47(31-39)49(51-55-27-28-56-51)46-26-24-40(32-48(46)50(45)52-57-29-30-58-52)18-12-38-15-21-44(22-16-38)36-54-34-42-9-5-2-6-10-42/h1-10,13-16,19-32,53-54H,33-36H2. The van der Waals surface area contributed by atoms with Crippen LogP contribution in [0.2, 0.25) is 0 Å². The van der Waals surface area contributed by atoms with Crippen LogP contribution in [0.25, 0.3) is 30.0 Å². The van der Waals surface area contributed by atoms with Crippen LogP contribution in [0.3, 0.4) is 0 Å². The van der Waals surface area contributed by atoms with Crippen LogP contribution >= 0.6 is 47.0 Å². The summed E-state index contributed by atoms with van der Waals surface area (Å²) in [6.45, 7) is 3.33. The summed E-state index contributed by atoms with van der Waals surface area (Å²) in [4.78, 5) is 0. The smallest absolute Gasteiger partial charge is 0.0571 e. The van der Waals surface area contributed by atoms with E-state index in [0.29, 0.717) is 0 Å². The maximum absolute atomic E-state index is 3.54. The molecule has 58 heavy (non-hydrogen) atoms. The van der Waals surface area contributed by atoms with Crippen molar-refractivity contribution in [3.05, 3.63) is 222 Å². The van der Waals surface area contributed by atoms with Gasteiger partial charge in [0, 0.05) is 58.9 Å². The minimum atomic E-state index is 0.817. The van der Waals surface area contributed by atoms with Gasteiger partial charge in [-0.15, -0.1) is 0 Å². The molecule has 7 aromatic rings. The predicted molar refractivity (Wildman–Crippen MR) is 255 cm³/mol. The van der Waals surface area contributed by atoms with Crippen molar-refractivity contribution < 1.29 is 0 Å². The lowest BCUT2D eigenvalue weighted by atomic mass is 9.96. The molecule has 0 atom stereocenters. The van der Waals surface area contributed by atoms with Crippen molar-refractivity contribution in [2.75, 3.05) is 0 Å². The first kappa shape index (κ1) is 38.2. The normalized spacial score (nSPS) is 13.2. The lowest BCUT2D eigenvalue weighted by Crippen LogP contribution is -2.17. The number of fused-ring (bicyclic) bond motifs is 2. The Balaban J connectivity index is 1.01. The van der Waals surface area contributed by atoms with Crippen molar-refractivity contribution in [3.8, 4) is 23.7 Å². The average Bonchev–Trinajstić information content (AvgIpc) is 4.02. The number of hydrogen-bond donors (Lipinski definition) is 2. The fourth-order valence-electron chi connectivity index (χ4n) is 7.07. The molecule has 9 rings (SSSR count). The fourth-order valence-corrected chi connectivity index (χ4v) is 10.9. The minimum absolute atomic E-state index is 0.817. The van der Waals surface area contributed by atoms with Gasteiger partial charge < -0.3 is 10.6 Å². The van der Waals surface area contributed by atoms with Crippen LogP contribution in [-0.4, -0.2) is 0 Å². The molecule has 0 spiro atoms. The molecule has 7 aromatic carbocycles. The molecule has 280 valence electrons. The molecule has 0 aromatic heterocycles. The van der Waals surface area contributed by atoms with E-state index in [1.807, 2.05) is 0 Å². The van der Waals surface area contributed by atoms with Crippen molar-refractivity contribution in [2.24, 2.45) is 0 Å². The van der Waals surface area contributed by atoms with Crippen molar-refractivity contribution >= 4 is 77.1 Å². The highest BCUT2D eigenvalue weighted by atomic mass is 32.2. The van der Waals surface area contributed by atoms with E-state index in [1.54, 1.807) is 47.0 Å². The van der Waals surface area contributed by atoms with E-state index in [2.05, 4.69) is 202 Å². The van der Waals surface area contributed by atoms with E-state index >= 15 is 0 Å². The number of benzene rings is 7. The van der Waals surface area contributed by atoms with Crippen LogP contribution < -0.4 is 21.1 Å². The van der Waals surface area contributed by atoms with Gasteiger partial charge in [0.05, 0.1) is 8.47 Å². The first-order valence-electron chi connectivity index (χ1n) is 19.2. The summed E-state index contributed by atoms with van der Waals surface area (Å²) in [5, 5.41) is 23.3. The van der Waals surface area contributed by atoms with Crippen molar-refractivity contribution in [2.45, 2.75) is 26.2 Å². The Kier molecular flexibility index (Phi) is 12.2. The van der Waals surface area contributed by atoms with Gasteiger partial charge in [0.25, 0.3) is 0 Å². The highest BCUT2D eigenvalue weighted by molar-refractivity contribution is 8.35. The highest BCUT2D eigenvalue weighted by Gasteiger charge is 2.16. The van der Waals surface area contributed by atoms with Gasteiger partial charge in [-0.25, -0.2) is 0 Å². The van der Waals surface area contributed by atoms with Gasteiger partial charge in [-0.1, -0.05) is 168 Å². The van der Waals surface area contributed by atoms with Crippen LogP contribution in [0.15, 0.2) is 167 Å². The molecule has 0 radical (unpaired) electrons. The molecule has 6 heteroatoms. The molecule has 2 heterocycles. The summed E-state index contributed by atoms with van der Waals surface area (Å²) < 4.78 is 2.57. The molecule has 2 nitrogen and oxygen atoms in total. The van der Waals surface area contributed by atoms with Crippen molar-refractivity contribution in [1.29, 1.82) is 0 Å². The zero-order chi connectivity index (χ0) is 38.9. The Labute approximate surface area is 357 Å². The number of rotatable bonds is 8. The quantitative estimate of drug-likeness (QED) is 0.117. The molecule has 0 saturated carbocycles.